The second-order valence-corrected chi connectivity index (χ2v) is 14.0. The zero-order valence-electron chi connectivity index (χ0n) is 29.1. The van der Waals surface area contributed by atoms with Crippen LogP contribution in [0.15, 0.2) is 192 Å². The Labute approximate surface area is 312 Å². The smallest absolute Gasteiger partial charge is 0.164 e. The van der Waals surface area contributed by atoms with E-state index < -0.39 is 5.41 Å². The zero-order valence-corrected chi connectivity index (χ0v) is 29.1. The summed E-state index contributed by atoms with van der Waals surface area (Å²) in [4.78, 5) is 15.6. The van der Waals surface area contributed by atoms with E-state index in [1.54, 1.807) is 0 Å². The normalized spacial score (nSPS) is 13.0. The number of fused-ring (bicyclic) bond motifs is 7. The SMILES string of the molecule is c1ccc(C2(c3ccccc3)c3ccccc3-c3ccc(-c4nc(-c5ccc6ccccc6c5)nc(-c5ccc6c(c5)oc5ccccc56)n4)cc32)cc1. The minimum Gasteiger partial charge on any atom is -0.456 e. The maximum Gasteiger partial charge on any atom is 0.164 e. The van der Waals surface area contributed by atoms with Crippen molar-refractivity contribution in [3.63, 3.8) is 0 Å². The van der Waals surface area contributed by atoms with Crippen LogP contribution in [-0.4, -0.2) is 15.0 Å². The summed E-state index contributed by atoms with van der Waals surface area (Å²) in [6, 6.07) is 66.4. The number of furan rings is 1. The van der Waals surface area contributed by atoms with Gasteiger partial charge in [0.15, 0.2) is 17.5 Å². The second-order valence-electron chi connectivity index (χ2n) is 14.0. The van der Waals surface area contributed by atoms with Crippen molar-refractivity contribution >= 4 is 32.7 Å². The molecule has 252 valence electrons. The molecule has 0 N–H and O–H groups in total. The van der Waals surface area contributed by atoms with Crippen molar-refractivity contribution in [3.8, 4) is 45.3 Å². The third kappa shape index (κ3) is 4.60. The predicted molar refractivity (Wildman–Crippen MR) is 218 cm³/mol. The third-order valence-corrected chi connectivity index (χ3v) is 11.0. The number of hydrogen-bond acceptors (Lipinski definition) is 4. The lowest BCUT2D eigenvalue weighted by Gasteiger charge is -2.34. The van der Waals surface area contributed by atoms with Gasteiger partial charge in [-0.15, -0.1) is 0 Å². The standard InChI is InChI=1S/C50H31N3O/c1-3-15-37(16-4-1)50(38-17-5-2-6-18-38)43-21-11-9-19-39(43)40-27-25-35(30-44(40)50)48-51-47(34-24-23-32-13-7-8-14-33(32)29-34)52-49(53-48)36-26-28-42-41-20-10-12-22-45(41)54-46(42)31-36/h1-31H. The van der Waals surface area contributed by atoms with Gasteiger partial charge in [-0.2, -0.15) is 0 Å². The highest BCUT2D eigenvalue weighted by molar-refractivity contribution is 6.05. The predicted octanol–water partition coefficient (Wildman–Crippen LogP) is 12.3. The van der Waals surface area contributed by atoms with Gasteiger partial charge in [-0.05, 0) is 74.5 Å². The Bertz CT molecular complexity index is 3020. The maximum atomic E-state index is 6.31. The molecule has 0 radical (unpaired) electrons. The van der Waals surface area contributed by atoms with E-state index in [4.69, 9.17) is 19.4 Å². The molecule has 4 heteroatoms. The van der Waals surface area contributed by atoms with Gasteiger partial charge >= 0.3 is 0 Å². The van der Waals surface area contributed by atoms with Gasteiger partial charge in [-0.25, -0.2) is 15.0 Å². The second kappa shape index (κ2) is 11.9. The molecule has 0 unspecified atom stereocenters. The van der Waals surface area contributed by atoms with Gasteiger partial charge in [0.2, 0.25) is 0 Å². The molecule has 0 fully saturated rings. The van der Waals surface area contributed by atoms with Crippen LogP contribution < -0.4 is 0 Å². The van der Waals surface area contributed by atoms with Crippen LogP contribution in [0.1, 0.15) is 22.3 Å². The summed E-state index contributed by atoms with van der Waals surface area (Å²) in [5.41, 5.74) is 11.2. The Morgan fingerprint density at radius 3 is 1.65 bits per heavy atom. The van der Waals surface area contributed by atoms with Crippen molar-refractivity contribution in [1.82, 2.24) is 15.0 Å². The fourth-order valence-corrected chi connectivity index (χ4v) is 8.54. The lowest BCUT2D eigenvalue weighted by Crippen LogP contribution is -2.28. The van der Waals surface area contributed by atoms with Crippen LogP contribution in [0.3, 0.4) is 0 Å². The highest BCUT2D eigenvalue weighted by atomic mass is 16.3. The molecule has 1 aliphatic rings. The van der Waals surface area contributed by atoms with Gasteiger partial charge in [0.05, 0.1) is 5.41 Å². The van der Waals surface area contributed by atoms with E-state index in [9.17, 15) is 0 Å². The lowest BCUT2D eigenvalue weighted by atomic mass is 9.67. The maximum absolute atomic E-state index is 6.31. The van der Waals surface area contributed by atoms with Crippen molar-refractivity contribution in [2.75, 3.05) is 0 Å². The van der Waals surface area contributed by atoms with Crippen LogP contribution in [-0.2, 0) is 5.41 Å². The van der Waals surface area contributed by atoms with Crippen molar-refractivity contribution < 1.29 is 4.42 Å². The van der Waals surface area contributed by atoms with Crippen LogP contribution in [0.25, 0.3) is 78.0 Å². The van der Waals surface area contributed by atoms with Gasteiger partial charge in [0.25, 0.3) is 0 Å². The van der Waals surface area contributed by atoms with Crippen molar-refractivity contribution in [2.24, 2.45) is 0 Å². The number of aromatic nitrogens is 3. The third-order valence-electron chi connectivity index (χ3n) is 11.0. The average Bonchev–Trinajstić information content (AvgIpc) is 3.77. The summed E-state index contributed by atoms with van der Waals surface area (Å²) in [6.45, 7) is 0. The Hall–Kier alpha value is -7.17. The first-order chi connectivity index (χ1) is 26.7. The fraction of sp³-hybridized carbons (Fsp3) is 0.0200. The van der Waals surface area contributed by atoms with Gasteiger partial charge in [0.1, 0.15) is 11.2 Å². The molecule has 0 aliphatic heterocycles. The molecule has 0 atom stereocenters. The zero-order chi connectivity index (χ0) is 35.6. The van der Waals surface area contributed by atoms with E-state index in [1.807, 2.05) is 24.3 Å². The monoisotopic (exact) mass is 689 g/mol. The molecule has 0 spiro atoms. The molecular formula is C50H31N3O. The van der Waals surface area contributed by atoms with Gasteiger partial charge in [-0.3, -0.25) is 0 Å². The van der Waals surface area contributed by atoms with Crippen LogP contribution in [0.4, 0.5) is 0 Å². The highest BCUT2D eigenvalue weighted by Gasteiger charge is 2.46. The summed E-state index contributed by atoms with van der Waals surface area (Å²) in [5, 5.41) is 4.46. The largest absolute Gasteiger partial charge is 0.456 e. The number of nitrogens with zero attached hydrogens (tertiary/aromatic N) is 3. The first-order valence-corrected chi connectivity index (χ1v) is 18.3. The molecule has 4 nitrogen and oxygen atoms in total. The first kappa shape index (κ1) is 30.5. The Morgan fingerprint density at radius 1 is 0.352 bits per heavy atom. The minimum atomic E-state index is -0.534. The molecular weight excluding hydrogens is 659 g/mol. The van der Waals surface area contributed by atoms with Gasteiger partial charge < -0.3 is 4.42 Å². The number of benzene rings is 8. The molecule has 2 aromatic heterocycles. The van der Waals surface area contributed by atoms with Gasteiger partial charge in [0, 0.05) is 27.5 Å². The molecule has 8 aromatic carbocycles. The quantitative estimate of drug-likeness (QED) is 0.180. The molecule has 54 heavy (non-hydrogen) atoms. The van der Waals surface area contributed by atoms with Crippen LogP contribution in [0.5, 0.6) is 0 Å². The van der Waals surface area contributed by atoms with Crippen LogP contribution in [0.2, 0.25) is 0 Å². The van der Waals surface area contributed by atoms with Crippen LogP contribution in [0, 0.1) is 0 Å². The summed E-state index contributed by atoms with van der Waals surface area (Å²) in [6.07, 6.45) is 0. The topological polar surface area (TPSA) is 51.8 Å². The molecule has 1 aliphatic carbocycles. The van der Waals surface area contributed by atoms with Crippen molar-refractivity contribution in [1.29, 1.82) is 0 Å². The minimum absolute atomic E-state index is 0.534. The van der Waals surface area contributed by atoms with Crippen LogP contribution >= 0.6 is 0 Å². The molecule has 10 aromatic rings. The summed E-state index contributed by atoms with van der Waals surface area (Å²) in [7, 11) is 0. The van der Waals surface area contributed by atoms with E-state index in [-0.39, 0.29) is 0 Å². The summed E-state index contributed by atoms with van der Waals surface area (Å²) >= 11 is 0. The number of para-hydroxylation sites is 1. The number of rotatable bonds is 5. The molecule has 11 rings (SSSR count). The average molecular weight is 690 g/mol. The first-order valence-electron chi connectivity index (χ1n) is 18.3. The molecule has 0 bridgehead atoms. The van der Waals surface area contributed by atoms with E-state index in [0.29, 0.717) is 17.5 Å². The van der Waals surface area contributed by atoms with E-state index in [0.717, 1.165) is 44.0 Å². The lowest BCUT2D eigenvalue weighted by molar-refractivity contribution is 0.669. The highest BCUT2D eigenvalue weighted by Crippen LogP contribution is 2.56. The summed E-state index contributed by atoms with van der Waals surface area (Å²) in [5.74, 6) is 1.82. The van der Waals surface area contributed by atoms with Crippen molar-refractivity contribution in [2.45, 2.75) is 5.41 Å². The molecule has 0 saturated heterocycles. The molecule has 2 heterocycles. The Kier molecular flexibility index (Phi) is 6.73. The van der Waals surface area contributed by atoms with Crippen molar-refractivity contribution in [3.05, 3.63) is 210 Å². The Balaban J connectivity index is 1.15. The fourth-order valence-electron chi connectivity index (χ4n) is 8.54. The number of hydrogen-bond donors (Lipinski definition) is 0. The van der Waals surface area contributed by atoms with Gasteiger partial charge in [-0.1, -0.05) is 158 Å². The molecule has 0 saturated carbocycles. The van der Waals surface area contributed by atoms with E-state index in [1.165, 1.54) is 38.8 Å². The van der Waals surface area contributed by atoms with E-state index in [2.05, 4.69) is 164 Å². The molecule has 0 amide bonds. The van der Waals surface area contributed by atoms with E-state index >= 15 is 0 Å². The Morgan fingerprint density at radius 2 is 0.889 bits per heavy atom. The summed E-state index contributed by atoms with van der Waals surface area (Å²) < 4.78 is 6.31.